The zero-order valence-corrected chi connectivity index (χ0v) is 14.1. The van der Waals surface area contributed by atoms with E-state index >= 15 is 0 Å². The number of methoxy groups -OCH3 is 1. The highest BCUT2D eigenvalue weighted by molar-refractivity contribution is 5.77. The van der Waals surface area contributed by atoms with Gasteiger partial charge in [0.25, 0.3) is 5.88 Å². The molecule has 5 nitrogen and oxygen atoms in total. The predicted molar refractivity (Wildman–Crippen MR) is 95.0 cm³/mol. The molecule has 0 N–H and O–H groups in total. The first-order valence-corrected chi connectivity index (χ1v) is 7.99. The Labute approximate surface area is 153 Å². The normalized spacial score (nSPS) is 10.7. The van der Waals surface area contributed by atoms with Crippen molar-refractivity contribution in [3.05, 3.63) is 72.2 Å². The Balaban J connectivity index is 1.95. The molecule has 0 atom stereocenters. The lowest BCUT2D eigenvalue weighted by Gasteiger charge is -2.10. The topological polar surface area (TPSA) is 63.2 Å². The van der Waals surface area contributed by atoms with E-state index in [4.69, 9.17) is 4.74 Å². The molecule has 0 aliphatic carbocycles. The van der Waals surface area contributed by atoms with Crippen LogP contribution >= 0.6 is 0 Å². The van der Waals surface area contributed by atoms with E-state index in [1.165, 1.54) is 37.4 Å². The summed E-state index contributed by atoms with van der Waals surface area (Å²) >= 11 is 0. The molecule has 0 bridgehead atoms. The number of hydrogen-bond acceptors (Lipinski definition) is 4. The molecule has 0 saturated heterocycles. The van der Waals surface area contributed by atoms with Crippen molar-refractivity contribution in [3.63, 3.8) is 0 Å². The van der Waals surface area contributed by atoms with Gasteiger partial charge in [-0.05, 0) is 30.3 Å². The Morgan fingerprint density at radius 1 is 1.11 bits per heavy atom. The van der Waals surface area contributed by atoms with Crippen LogP contribution in [0.2, 0.25) is 0 Å². The lowest BCUT2D eigenvalue weighted by atomic mass is 9.97. The van der Waals surface area contributed by atoms with Gasteiger partial charge in [-0.3, -0.25) is 4.40 Å². The molecule has 27 heavy (non-hydrogen) atoms. The van der Waals surface area contributed by atoms with Crippen molar-refractivity contribution >= 4 is 5.65 Å². The average Bonchev–Trinajstić information content (AvgIpc) is 3.12. The van der Waals surface area contributed by atoms with Gasteiger partial charge in [0.05, 0.1) is 30.6 Å². The smallest absolute Gasteiger partial charge is 0.258 e. The highest BCUT2D eigenvalue weighted by Gasteiger charge is 2.17. The average molecular weight is 362 g/mol. The molecule has 0 unspecified atom stereocenters. The highest BCUT2D eigenvalue weighted by atomic mass is 19.1. The molecule has 0 aliphatic rings. The van der Waals surface area contributed by atoms with E-state index in [-0.39, 0.29) is 16.7 Å². The van der Waals surface area contributed by atoms with Crippen molar-refractivity contribution in [2.75, 3.05) is 7.11 Å². The Morgan fingerprint density at radius 2 is 1.96 bits per heavy atom. The summed E-state index contributed by atoms with van der Waals surface area (Å²) in [7, 11) is 1.49. The summed E-state index contributed by atoms with van der Waals surface area (Å²) in [6.07, 6.45) is 4.86. The third-order valence-corrected chi connectivity index (χ3v) is 4.25. The molecule has 0 saturated carbocycles. The second-order valence-corrected chi connectivity index (χ2v) is 5.74. The van der Waals surface area contributed by atoms with E-state index in [9.17, 15) is 14.0 Å². The van der Waals surface area contributed by atoms with Gasteiger partial charge in [0, 0.05) is 29.1 Å². The predicted octanol–water partition coefficient (Wildman–Crippen LogP) is 4.22. The molecule has 2 aromatic heterocycles. The maximum absolute atomic E-state index is 14.5. The molecular formula is C20H12F2N4O. The fourth-order valence-corrected chi connectivity index (χ4v) is 3.02. The Kier molecular flexibility index (Phi) is 4.01. The molecule has 0 radical (unpaired) electrons. The molecule has 0 aliphatic heterocycles. The number of ether oxygens (including phenoxy) is 1. The van der Waals surface area contributed by atoms with Crippen LogP contribution in [0, 0.1) is 23.0 Å². The number of hydrogen-bond donors (Lipinski definition) is 0. The van der Waals surface area contributed by atoms with Crippen molar-refractivity contribution in [2.45, 2.75) is 0 Å². The molecule has 132 valence electrons. The Hall–Kier alpha value is -3.79. The van der Waals surface area contributed by atoms with E-state index < -0.39 is 11.6 Å². The number of halogens is 2. The van der Waals surface area contributed by atoms with Gasteiger partial charge >= 0.3 is 0 Å². The van der Waals surface area contributed by atoms with Crippen LogP contribution in [0.3, 0.4) is 0 Å². The third-order valence-electron chi connectivity index (χ3n) is 4.25. The number of nitrogens with zero attached hydrogens (tertiary/aromatic N) is 4. The number of aromatic nitrogens is 3. The van der Waals surface area contributed by atoms with Gasteiger partial charge < -0.3 is 4.74 Å². The molecule has 0 spiro atoms. The van der Waals surface area contributed by atoms with Crippen LogP contribution in [-0.4, -0.2) is 21.5 Å². The minimum absolute atomic E-state index is 0.0121. The van der Waals surface area contributed by atoms with E-state index in [2.05, 4.69) is 9.97 Å². The monoisotopic (exact) mass is 362 g/mol. The first-order valence-electron chi connectivity index (χ1n) is 7.99. The van der Waals surface area contributed by atoms with E-state index in [0.717, 1.165) is 0 Å². The highest BCUT2D eigenvalue weighted by Crippen LogP contribution is 2.33. The van der Waals surface area contributed by atoms with Crippen LogP contribution in [0.25, 0.3) is 28.0 Å². The SMILES string of the molecule is COc1nccn2c(-c3ccc(F)c(-c4c(F)cccc4C#N)c3)cnc12. The fourth-order valence-electron chi connectivity index (χ4n) is 3.02. The van der Waals surface area contributed by atoms with E-state index in [0.29, 0.717) is 22.8 Å². The minimum atomic E-state index is -0.658. The molecule has 2 heterocycles. The van der Waals surface area contributed by atoms with Gasteiger partial charge in [-0.2, -0.15) is 5.26 Å². The van der Waals surface area contributed by atoms with Crippen LogP contribution in [0.5, 0.6) is 5.88 Å². The van der Waals surface area contributed by atoms with Crippen molar-refractivity contribution in [3.8, 4) is 34.3 Å². The first kappa shape index (κ1) is 16.7. The number of benzene rings is 2. The number of imidazole rings is 1. The summed E-state index contributed by atoms with van der Waals surface area (Å²) in [5.74, 6) is -0.922. The van der Waals surface area contributed by atoms with Crippen molar-refractivity contribution < 1.29 is 13.5 Å². The molecular weight excluding hydrogens is 350 g/mol. The zero-order valence-electron chi connectivity index (χ0n) is 14.1. The van der Waals surface area contributed by atoms with Crippen molar-refractivity contribution in [1.82, 2.24) is 14.4 Å². The van der Waals surface area contributed by atoms with Gasteiger partial charge in [0.2, 0.25) is 5.65 Å². The summed E-state index contributed by atoms with van der Waals surface area (Å²) in [5, 5.41) is 9.27. The fraction of sp³-hybridized carbons (Fsp3) is 0.0500. The van der Waals surface area contributed by atoms with Gasteiger partial charge in [-0.25, -0.2) is 18.7 Å². The standard InChI is InChI=1S/C20H12F2N4O/c1-27-20-19-25-11-17(26(19)8-7-24-20)12-5-6-15(21)14(9-12)18-13(10-23)3-2-4-16(18)22/h2-9,11H,1H3. The van der Waals surface area contributed by atoms with Crippen LogP contribution in [0.15, 0.2) is 55.0 Å². The van der Waals surface area contributed by atoms with Crippen molar-refractivity contribution in [2.24, 2.45) is 0 Å². The van der Waals surface area contributed by atoms with Crippen LogP contribution < -0.4 is 4.74 Å². The number of nitriles is 1. The van der Waals surface area contributed by atoms with Gasteiger partial charge in [-0.15, -0.1) is 0 Å². The van der Waals surface area contributed by atoms with Gasteiger partial charge in [0.1, 0.15) is 11.6 Å². The Bertz CT molecular complexity index is 1210. The van der Waals surface area contributed by atoms with Crippen molar-refractivity contribution in [1.29, 1.82) is 5.26 Å². The second-order valence-electron chi connectivity index (χ2n) is 5.74. The molecule has 2 aromatic carbocycles. The lowest BCUT2D eigenvalue weighted by molar-refractivity contribution is 0.400. The zero-order chi connectivity index (χ0) is 19.0. The first-order chi connectivity index (χ1) is 13.1. The summed E-state index contributed by atoms with van der Waals surface area (Å²) in [6.45, 7) is 0. The molecule has 0 fully saturated rings. The minimum Gasteiger partial charge on any atom is -0.478 e. The third kappa shape index (κ3) is 2.68. The number of rotatable bonds is 3. The molecule has 7 heteroatoms. The van der Waals surface area contributed by atoms with Gasteiger partial charge in [0.15, 0.2) is 0 Å². The molecule has 0 amide bonds. The van der Waals surface area contributed by atoms with E-state index in [1.54, 1.807) is 29.1 Å². The van der Waals surface area contributed by atoms with Gasteiger partial charge in [-0.1, -0.05) is 6.07 Å². The molecule has 4 aromatic rings. The number of fused-ring (bicyclic) bond motifs is 1. The summed E-state index contributed by atoms with van der Waals surface area (Å²) in [5.41, 5.74) is 1.78. The Morgan fingerprint density at radius 3 is 2.74 bits per heavy atom. The second kappa shape index (κ2) is 6.50. The van der Waals surface area contributed by atoms with Crippen LogP contribution in [0.1, 0.15) is 5.56 Å². The van der Waals surface area contributed by atoms with Crippen LogP contribution in [-0.2, 0) is 0 Å². The maximum Gasteiger partial charge on any atom is 0.258 e. The van der Waals surface area contributed by atoms with Crippen LogP contribution in [0.4, 0.5) is 8.78 Å². The maximum atomic E-state index is 14.5. The van der Waals surface area contributed by atoms with E-state index in [1.807, 2.05) is 6.07 Å². The summed E-state index contributed by atoms with van der Waals surface area (Å²) in [4.78, 5) is 8.39. The molecule has 4 rings (SSSR count). The summed E-state index contributed by atoms with van der Waals surface area (Å²) in [6, 6.07) is 10.3. The quantitative estimate of drug-likeness (QED) is 0.547. The lowest BCUT2D eigenvalue weighted by Crippen LogP contribution is -1.96. The summed E-state index contributed by atoms with van der Waals surface area (Å²) < 4.78 is 35.8. The largest absolute Gasteiger partial charge is 0.478 e.